The van der Waals surface area contributed by atoms with Crippen molar-refractivity contribution in [2.24, 2.45) is 11.7 Å². The number of rotatable bonds is 6. The summed E-state index contributed by atoms with van der Waals surface area (Å²) in [6.07, 6.45) is 1.22. The summed E-state index contributed by atoms with van der Waals surface area (Å²) in [4.78, 5) is 2.51. The molecule has 0 aliphatic rings. The SMILES string of the molecule is CCC(C)N(CC)CC(C)C(C)N. The Morgan fingerprint density at radius 2 is 1.69 bits per heavy atom. The molecule has 0 aromatic rings. The third-order valence-corrected chi connectivity index (χ3v) is 3.04. The molecule has 0 aliphatic carbocycles. The first-order chi connectivity index (χ1) is 6.02. The minimum absolute atomic E-state index is 0.304. The van der Waals surface area contributed by atoms with Gasteiger partial charge in [-0.2, -0.15) is 0 Å². The van der Waals surface area contributed by atoms with Gasteiger partial charge in [-0.1, -0.05) is 20.8 Å². The van der Waals surface area contributed by atoms with Crippen LogP contribution in [0.25, 0.3) is 0 Å². The Hall–Kier alpha value is -0.0800. The van der Waals surface area contributed by atoms with E-state index in [1.54, 1.807) is 0 Å². The van der Waals surface area contributed by atoms with Gasteiger partial charge in [0.25, 0.3) is 0 Å². The maximum absolute atomic E-state index is 5.85. The van der Waals surface area contributed by atoms with Crippen LogP contribution in [-0.2, 0) is 0 Å². The lowest BCUT2D eigenvalue weighted by Crippen LogP contribution is -2.40. The Bertz CT molecular complexity index is 123. The first-order valence-corrected chi connectivity index (χ1v) is 5.52. The Morgan fingerprint density at radius 1 is 1.15 bits per heavy atom. The molecule has 0 aliphatic heterocycles. The summed E-state index contributed by atoms with van der Waals surface area (Å²) in [5.74, 6) is 0.592. The van der Waals surface area contributed by atoms with Gasteiger partial charge in [-0.3, -0.25) is 0 Å². The fourth-order valence-corrected chi connectivity index (χ4v) is 1.42. The zero-order chi connectivity index (χ0) is 10.4. The van der Waals surface area contributed by atoms with Gasteiger partial charge in [0, 0.05) is 18.6 Å². The Balaban J connectivity index is 3.97. The van der Waals surface area contributed by atoms with Crippen LogP contribution in [0, 0.1) is 5.92 Å². The molecule has 0 fully saturated rings. The molecule has 0 saturated carbocycles. The van der Waals surface area contributed by atoms with Crippen molar-refractivity contribution >= 4 is 0 Å². The molecule has 13 heavy (non-hydrogen) atoms. The molecule has 0 aromatic carbocycles. The maximum Gasteiger partial charge on any atom is 0.00643 e. The summed E-state index contributed by atoms with van der Waals surface area (Å²) in [7, 11) is 0. The molecule has 0 amide bonds. The van der Waals surface area contributed by atoms with E-state index >= 15 is 0 Å². The molecule has 3 atom stereocenters. The molecule has 0 rings (SSSR count). The predicted octanol–water partition coefficient (Wildman–Crippen LogP) is 2.09. The summed E-state index contributed by atoms with van der Waals surface area (Å²) in [6, 6.07) is 0.990. The highest BCUT2D eigenvalue weighted by Gasteiger charge is 2.15. The Labute approximate surface area is 83.5 Å². The molecule has 0 saturated heterocycles. The first kappa shape index (κ1) is 12.9. The smallest absolute Gasteiger partial charge is 0.00643 e. The van der Waals surface area contributed by atoms with Crippen LogP contribution in [-0.4, -0.2) is 30.1 Å². The van der Waals surface area contributed by atoms with Gasteiger partial charge < -0.3 is 10.6 Å². The van der Waals surface area contributed by atoms with Crippen molar-refractivity contribution in [1.82, 2.24) is 4.90 Å². The van der Waals surface area contributed by atoms with E-state index in [4.69, 9.17) is 5.73 Å². The normalized spacial score (nSPS) is 18.7. The van der Waals surface area contributed by atoms with Gasteiger partial charge >= 0.3 is 0 Å². The molecule has 3 unspecified atom stereocenters. The highest BCUT2D eigenvalue weighted by Crippen LogP contribution is 2.09. The third-order valence-electron chi connectivity index (χ3n) is 3.04. The van der Waals surface area contributed by atoms with Crippen LogP contribution in [0.3, 0.4) is 0 Å². The predicted molar refractivity (Wildman–Crippen MR) is 59.8 cm³/mol. The van der Waals surface area contributed by atoms with Crippen LogP contribution in [0.15, 0.2) is 0 Å². The van der Waals surface area contributed by atoms with E-state index in [-0.39, 0.29) is 0 Å². The fourth-order valence-electron chi connectivity index (χ4n) is 1.42. The average molecular weight is 186 g/mol. The van der Waals surface area contributed by atoms with Gasteiger partial charge in [-0.25, -0.2) is 0 Å². The molecule has 0 heterocycles. The van der Waals surface area contributed by atoms with Gasteiger partial charge in [0.1, 0.15) is 0 Å². The summed E-state index contributed by atoms with van der Waals surface area (Å²) < 4.78 is 0. The van der Waals surface area contributed by atoms with Crippen molar-refractivity contribution in [3.63, 3.8) is 0 Å². The van der Waals surface area contributed by atoms with Gasteiger partial charge in [-0.05, 0) is 32.7 Å². The van der Waals surface area contributed by atoms with Gasteiger partial charge in [0.05, 0.1) is 0 Å². The number of hydrogen-bond donors (Lipinski definition) is 1. The van der Waals surface area contributed by atoms with Crippen LogP contribution >= 0.6 is 0 Å². The van der Waals surface area contributed by atoms with Gasteiger partial charge in [0.15, 0.2) is 0 Å². The molecular weight excluding hydrogens is 160 g/mol. The van der Waals surface area contributed by atoms with Crippen molar-refractivity contribution in [3.05, 3.63) is 0 Å². The van der Waals surface area contributed by atoms with Crippen LogP contribution in [0.2, 0.25) is 0 Å². The lowest BCUT2D eigenvalue weighted by Gasteiger charge is -2.31. The minimum atomic E-state index is 0.304. The quantitative estimate of drug-likeness (QED) is 0.688. The maximum atomic E-state index is 5.85. The third kappa shape index (κ3) is 4.63. The summed E-state index contributed by atoms with van der Waals surface area (Å²) in [5.41, 5.74) is 5.85. The largest absolute Gasteiger partial charge is 0.328 e. The molecule has 2 N–H and O–H groups in total. The minimum Gasteiger partial charge on any atom is -0.328 e. The van der Waals surface area contributed by atoms with E-state index in [0.717, 1.165) is 13.1 Å². The molecule has 0 radical (unpaired) electrons. The van der Waals surface area contributed by atoms with Crippen molar-refractivity contribution < 1.29 is 0 Å². The van der Waals surface area contributed by atoms with Crippen LogP contribution in [0.5, 0.6) is 0 Å². The lowest BCUT2D eigenvalue weighted by molar-refractivity contribution is 0.178. The molecule has 0 bridgehead atoms. The van der Waals surface area contributed by atoms with Crippen LogP contribution in [0.4, 0.5) is 0 Å². The molecule has 0 aromatic heterocycles. The highest BCUT2D eigenvalue weighted by atomic mass is 15.1. The fraction of sp³-hybridized carbons (Fsp3) is 1.00. The second kappa shape index (κ2) is 6.39. The van der Waals surface area contributed by atoms with E-state index in [2.05, 4.69) is 39.5 Å². The zero-order valence-electron chi connectivity index (χ0n) is 9.88. The number of hydrogen-bond acceptors (Lipinski definition) is 2. The van der Waals surface area contributed by atoms with Gasteiger partial charge in [0.2, 0.25) is 0 Å². The highest BCUT2D eigenvalue weighted by molar-refractivity contribution is 4.71. The van der Waals surface area contributed by atoms with E-state index in [1.165, 1.54) is 6.42 Å². The lowest BCUT2D eigenvalue weighted by atomic mass is 10.0. The van der Waals surface area contributed by atoms with E-state index in [0.29, 0.717) is 18.0 Å². The van der Waals surface area contributed by atoms with E-state index in [1.807, 2.05) is 0 Å². The van der Waals surface area contributed by atoms with Crippen LogP contribution in [0.1, 0.15) is 41.0 Å². The topological polar surface area (TPSA) is 29.3 Å². The van der Waals surface area contributed by atoms with E-state index in [9.17, 15) is 0 Å². The molecule has 0 spiro atoms. The van der Waals surface area contributed by atoms with Gasteiger partial charge in [-0.15, -0.1) is 0 Å². The molecular formula is C11H26N2. The molecule has 2 heteroatoms. The monoisotopic (exact) mass is 186 g/mol. The van der Waals surface area contributed by atoms with Crippen molar-refractivity contribution in [2.45, 2.75) is 53.1 Å². The summed E-state index contributed by atoms with van der Waals surface area (Å²) in [6.45, 7) is 13.3. The second-order valence-electron chi connectivity index (χ2n) is 4.18. The number of nitrogens with two attached hydrogens (primary N) is 1. The second-order valence-corrected chi connectivity index (χ2v) is 4.18. The Kier molecular flexibility index (Phi) is 6.35. The zero-order valence-corrected chi connectivity index (χ0v) is 9.88. The van der Waals surface area contributed by atoms with Crippen LogP contribution < -0.4 is 5.73 Å². The Morgan fingerprint density at radius 3 is 2.00 bits per heavy atom. The molecule has 80 valence electrons. The average Bonchev–Trinajstić information content (AvgIpc) is 2.12. The van der Waals surface area contributed by atoms with Crippen molar-refractivity contribution in [1.29, 1.82) is 0 Å². The molecule has 2 nitrogen and oxygen atoms in total. The standard InChI is InChI=1S/C11H26N2/c1-6-10(4)13(7-2)8-9(3)11(5)12/h9-11H,6-8,12H2,1-5H3. The first-order valence-electron chi connectivity index (χ1n) is 5.52. The summed E-state index contributed by atoms with van der Waals surface area (Å²) in [5, 5.41) is 0. The summed E-state index contributed by atoms with van der Waals surface area (Å²) >= 11 is 0. The van der Waals surface area contributed by atoms with Crippen molar-refractivity contribution in [2.75, 3.05) is 13.1 Å². The number of nitrogens with zero attached hydrogens (tertiary/aromatic N) is 1. The van der Waals surface area contributed by atoms with E-state index < -0.39 is 0 Å². The van der Waals surface area contributed by atoms with Crippen molar-refractivity contribution in [3.8, 4) is 0 Å².